The van der Waals surface area contributed by atoms with Gasteiger partial charge in [0.1, 0.15) is 0 Å². The molecule has 13 heavy (non-hydrogen) atoms. The molecule has 1 heterocycles. The van der Waals surface area contributed by atoms with Crippen molar-refractivity contribution in [2.24, 2.45) is 5.73 Å². The molecule has 0 amide bonds. The minimum Gasteiger partial charge on any atom is -0.330 e. The predicted octanol–water partition coefficient (Wildman–Crippen LogP) is 3.35. The number of nitrogens with two attached hydrogens (primary N) is 1. The van der Waals surface area contributed by atoms with Crippen molar-refractivity contribution in [1.29, 1.82) is 0 Å². The van der Waals surface area contributed by atoms with Gasteiger partial charge in [0.05, 0.1) is 0 Å². The zero-order chi connectivity index (χ0) is 9.68. The molecule has 2 N–H and O–H groups in total. The van der Waals surface area contributed by atoms with Crippen LogP contribution in [0.5, 0.6) is 0 Å². The van der Waals surface area contributed by atoms with Crippen LogP contribution in [-0.2, 0) is 6.42 Å². The van der Waals surface area contributed by atoms with Gasteiger partial charge in [-0.2, -0.15) is 0 Å². The van der Waals surface area contributed by atoms with Crippen molar-refractivity contribution < 1.29 is 0 Å². The van der Waals surface area contributed by atoms with E-state index in [1.807, 2.05) is 0 Å². The quantitative estimate of drug-likeness (QED) is 0.825. The zero-order valence-electron chi connectivity index (χ0n) is 7.72. The van der Waals surface area contributed by atoms with Crippen LogP contribution in [0.15, 0.2) is 27.6 Å². The molecule has 1 aromatic heterocycles. The summed E-state index contributed by atoms with van der Waals surface area (Å²) in [6, 6.07) is 2.17. The first-order valence-corrected chi connectivity index (χ1v) is 5.98. The van der Waals surface area contributed by atoms with Crippen LogP contribution < -0.4 is 5.73 Å². The van der Waals surface area contributed by atoms with Gasteiger partial charge in [0.15, 0.2) is 0 Å². The van der Waals surface area contributed by atoms with E-state index in [1.54, 1.807) is 11.3 Å². The summed E-state index contributed by atoms with van der Waals surface area (Å²) in [7, 11) is 0. The van der Waals surface area contributed by atoms with Crippen LogP contribution in [0.25, 0.3) is 0 Å². The second-order valence-corrected chi connectivity index (χ2v) is 4.95. The molecule has 0 saturated heterocycles. The normalized spacial score (nSPS) is 12.1. The van der Waals surface area contributed by atoms with Gasteiger partial charge in [-0.3, -0.25) is 0 Å². The Balaban J connectivity index is 2.49. The van der Waals surface area contributed by atoms with E-state index in [0.29, 0.717) is 0 Å². The van der Waals surface area contributed by atoms with Crippen molar-refractivity contribution in [3.8, 4) is 0 Å². The summed E-state index contributed by atoms with van der Waals surface area (Å²) in [4.78, 5) is 1.40. The highest BCUT2D eigenvalue weighted by Gasteiger charge is 1.97. The van der Waals surface area contributed by atoms with E-state index >= 15 is 0 Å². The fourth-order valence-corrected chi connectivity index (χ4v) is 2.67. The summed E-state index contributed by atoms with van der Waals surface area (Å²) in [6.45, 7) is 2.90. The lowest BCUT2D eigenvalue weighted by Gasteiger charge is -1.97. The maximum Gasteiger partial charge on any atom is 0.0285 e. The monoisotopic (exact) mass is 259 g/mol. The van der Waals surface area contributed by atoms with Crippen LogP contribution in [0.1, 0.15) is 18.2 Å². The molecule has 1 nitrogen and oxygen atoms in total. The first-order valence-electron chi connectivity index (χ1n) is 4.31. The average Bonchev–Trinajstić information content (AvgIpc) is 2.48. The largest absolute Gasteiger partial charge is 0.330 e. The molecule has 0 spiro atoms. The van der Waals surface area contributed by atoms with E-state index in [2.05, 4.69) is 40.4 Å². The summed E-state index contributed by atoms with van der Waals surface area (Å²) in [5, 5.41) is 2.12. The van der Waals surface area contributed by atoms with Crippen LogP contribution in [0.4, 0.5) is 0 Å². The summed E-state index contributed by atoms with van der Waals surface area (Å²) in [5.41, 5.74) is 6.83. The van der Waals surface area contributed by atoms with Crippen LogP contribution in [0.3, 0.4) is 0 Å². The van der Waals surface area contributed by atoms with Crippen LogP contribution in [-0.4, -0.2) is 6.54 Å². The van der Waals surface area contributed by atoms with Gasteiger partial charge in [-0.25, -0.2) is 0 Å². The topological polar surface area (TPSA) is 26.0 Å². The molecule has 0 bridgehead atoms. The Labute approximate surface area is 91.8 Å². The van der Waals surface area contributed by atoms with E-state index in [1.165, 1.54) is 14.9 Å². The first-order chi connectivity index (χ1) is 6.22. The van der Waals surface area contributed by atoms with E-state index in [0.717, 1.165) is 19.4 Å². The second kappa shape index (κ2) is 5.58. The van der Waals surface area contributed by atoms with Crippen molar-refractivity contribution in [3.05, 3.63) is 32.4 Å². The first kappa shape index (κ1) is 11.0. The number of hydrogen-bond acceptors (Lipinski definition) is 2. The van der Waals surface area contributed by atoms with Gasteiger partial charge in [0.25, 0.3) is 0 Å². The van der Waals surface area contributed by atoms with E-state index < -0.39 is 0 Å². The van der Waals surface area contributed by atoms with Crippen molar-refractivity contribution in [3.63, 3.8) is 0 Å². The Bertz CT molecular complexity index is 291. The highest BCUT2D eigenvalue weighted by molar-refractivity contribution is 9.10. The van der Waals surface area contributed by atoms with Gasteiger partial charge in [-0.15, -0.1) is 11.3 Å². The molecule has 0 radical (unpaired) electrons. The smallest absolute Gasteiger partial charge is 0.0285 e. The van der Waals surface area contributed by atoms with Gasteiger partial charge in [0, 0.05) is 21.2 Å². The van der Waals surface area contributed by atoms with Gasteiger partial charge in [0.2, 0.25) is 0 Å². The Morgan fingerprint density at radius 3 is 3.00 bits per heavy atom. The van der Waals surface area contributed by atoms with E-state index in [9.17, 15) is 0 Å². The lowest BCUT2D eigenvalue weighted by Crippen LogP contribution is -1.96. The third-order valence-electron chi connectivity index (χ3n) is 1.73. The van der Waals surface area contributed by atoms with Crippen molar-refractivity contribution in [2.75, 3.05) is 6.54 Å². The molecular weight excluding hydrogens is 246 g/mol. The summed E-state index contributed by atoms with van der Waals surface area (Å²) >= 11 is 5.24. The number of hydrogen-bond donors (Lipinski definition) is 1. The summed E-state index contributed by atoms with van der Waals surface area (Å²) in [5.74, 6) is 0. The minimum absolute atomic E-state index is 0.742. The molecule has 0 aromatic carbocycles. The number of thiophene rings is 1. The molecule has 3 heteroatoms. The SMILES string of the molecule is CC(=CCCN)Cc1cc(Br)cs1. The molecule has 0 unspecified atom stereocenters. The third kappa shape index (κ3) is 4.07. The molecule has 72 valence electrons. The molecule has 1 aromatic rings. The molecule has 0 saturated carbocycles. The minimum atomic E-state index is 0.742. The second-order valence-electron chi connectivity index (χ2n) is 3.04. The van der Waals surface area contributed by atoms with Crippen LogP contribution in [0, 0.1) is 0 Å². The van der Waals surface area contributed by atoms with Crippen molar-refractivity contribution in [1.82, 2.24) is 0 Å². The maximum absolute atomic E-state index is 5.42. The molecule has 1 rings (SSSR count). The van der Waals surface area contributed by atoms with E-state index in [4.69, 9.17) is 5.73 Å². The third-order valence-corrected chi connectivity index (χ3v) is 3.43. The standard InChI is InChI=1S/C10H14BrNS/c1-8(3-2-4-12)5-10-6-9(11)7-13-10/h3,6-7H,2,4-5,12H2,1H3. The molecular formula is C10H14BrNS. The van der Waals surface area contributed by atoms with Crippen molar-refractivity contribution >= 4 is 27.3 Å². The van der Waals surface area contributed by atoms with Gasteiger partial charge < -0.3 is 5.73 Å². The Morgan fingerprint density at radius 2 is 2.46 bits per heavy atom. The summed E-state index contributed by atoms with van der Waals surface area (Å²) < 4.78 is 1.18. The molecule has 0 aliphatic rings. The Hall–Kier alpha value is -0.120. The van der Waals surface area contributed by atoms with Gasteiger partial charge >= 0.3 is 0 Å². The lowest BCUT2D eigenvalue weighted by molar-refractivity contribution is 0.984. The average molecular weight is 260 g/mol. The Kier molecular flexibility index (Phi) is 4.70. The molecule has 0 aliphatic heterocycles. The van der Waals surface area contributed by atoms with Gasteiger partial charge in [-0.1, -0.05) is 11.6 Å². The van der Waals surface area contributed by atoms with Crippen LogP contribution >= 0.6 is 27.3 Å². The summed E-state index contributed by atoms with van der Waals surface area (Å²) in [6.07, 6.45) is 4.25. The van der Waals surface area contributed by atoms with Gasteiger partial charge in [-0.05, 0) is 41.9 Å². The van der Waals surface area contributed by atoms with Crippen molar-refractivity contribution in [2.45, 2.75) is 19.8 Å². The zero-order valence-corrected chi connectivity index (χ0v) is 10.1. The fourth-order valence-electron chi connectivity index (χ4n) is 1.12. The molecule has 0 aliphatic carbocycles. The molecule has 0 fully saturated rings. The van der Waals surface area contributed by atoms with Crippen LogP contribution in [0.2, 0.25) is 0 Å². The van der Waals surface area contributed by atoms with E-state index in [-0.39, 0.29) is 0 Å². The lowest BCUT2D eigenvalue weighted by atomic mass is 10.1. The Morgan fingerprint density at radius 1 is 1.69 bits per heavy atom. The highest BCUT2D eigenvalue weighted by Crippen LogP contribution is 2.22. The maximum atomic E-state index is 5.42. The number of allylic oxidation sites excluding steroid dienone is 1. The highest BCUT2D eigenvalue weighted by atomic mass is 79.9. The molecule has 0 atom stereocenters. The fraction of sp³-hybridized carbons (Fsp3) is 0.400. The number of rotatable bonds is 4. The predicted molar refractivity (Wildman–Crippen MR) is 63.2 cm³/mol. The number of halogens is 1.